The van der Waals surface area contributed by atoms with Gasteiger partial charge in [-0.3, -0.25) is 14.7 Å². The average Bonchev–Trinajstić information content (AvgIpc) is 3.21. The van der Waals surface area contributed by atoms with Crippen molar-refractivity contribution in [1.29, 1.82) is 0 Å². The lowest BCUT2D eigenvalue weighted by atomic mass is 9.76. The van der Waals surface area contributed by atoms with Crippen molar-refractivity contribution in [3.05, 3.63) is 93.9 Å². The summed E-state index contributed by atoms with van der Waals surface area (Å²) in [6, 6.07) is 20.4. The normalized spacial score (nSPS) is 21.1. The Hall–Kier alpha value is -2.56. The maximum atomic E-state index is 13.4. The first-order chi connectivity index (χ1) is 13.5. The molecular formula is C24H24N2OS. The van der Waals surface area contributed by atoms with Gasteiger partial charge in [-0.25, -0.2) is 0 Å². The Kier molecular flexibility index (Phi) is 5.25. The molecule has 2 aromatic heterocycles. The number of aromatic nitrogens is 1. The summed E-state index contributed by atoms with van der Waals surface area (Å²) in [6.45, 7) is 5.62. The van der Waals surface area contributed by atoms with Gasteiger partial charge in [-0.15, -0.1) is 11.3 Å². The number of piperidine rings is 1. The molecule has 0 amide bonds. The number of Topliss-reactive ketones (excluding diaryl/α,β-unsaturated/α-hetero) is 1. The summed E-state index contributed by atoms with van der Waals surface area (Å²) in [5.41, 5.74) is 2.47. The van der Waals surface area contributed by atoms with Gasteiger partial charge in [-0.05, 0) is 35.2 Å². The molecule has 1 aliphatic rings. The van der Waals surface area contributed by atoms with Crippen LogP contribution in [-0.2, 0) is 11.3 Å². The maximum absolute atomic E-state index is 13.4. The molecule has 0 aliphatic carbocycles. The highest BCUT2D eigenvalue weighted by Gasteiger charge is 2.44. The molecule has 4 heteroatoms. The van der Waals surface area contributed by atoms with Gasteiger partial charge < -0.3 is 0 Å². The largest absolute Gasteiger partial charge is 0.294 e. The quantitative estimate of drug-likeness (QED) is 0.563. The van der Waals surface area contributed by atoms with Crippen LogP contribution in [0.25, 0.3) is 6.08 Å². The third kappa shape index (κ3) is 3.84. The van der Waals surface area contributed by atoms with Crippen molar-refractivity contribution in [3.8, 4) is 0 Å². The number of nitrogens with zero attached hydrogens (tertiary/aromatic N) is 2. The van der Waals surface area contributed by atoms with E-state index in [0.29, 0.717) is 0 Å². The molecule has 1 aliphatic heterocycles. The zero-order valence-corrected chi connectivity index (χ0v) is 17.0. The van der Waals surface area contributed by atoms with Gasteiger partial charge in [0.25, 0.3) is 0 Å². The van der Waals surface area contributed by atoms with E-state index in [4.69, 9.17) is 0 Å². The van der Waals surface area contributed by atoms with Crippen LogP contribution >= 0.6 is 11.3 Å². The van der Waals surface area contributed by atoms with Crippen LogP contribution < -0.4 is 0 Å². The lowest BCUT2D eigenvalue weighted by molar-refractivity contribution is -0.128. The minimum atomic E-state index is -0.441. The summed E-state index contributed by atoms with van der Waals surface area (Å²) >= 11 is 1.71. The molecule has 4 rings (SSSR count). The molecule has 1 aromatic carbocycles. The Balaban J connectivity index is 1.81. The second-order valence-electron chi connectivity index (χ2n) is 7.88. The van der Waals surface area contributed by atoms with Gasteiger partial charge in [0, 0.05) is 35.2 Å². The van der Waals surface area contributed by atoms with Crippen LogP contribution in [0.5, 0.6) is 0 Å². The van der Waals surface area contributed by atoms with Crippen molar-refractivity contribution >= 4 is 23.2 Å². The van der Waals surface area contributed by atoms with Crippen molar-refractivity contribution < 1.29 is 4.79 Å². The van der Waals surface area contributed by atoms with Gasteiger partial charge in [0.05, 0.1) is 11.7 Å². The molecule has 0 saturated carbocycles. The highest BCUT2D eigenvalue weighted by Crippen LogP contribution is 2.43. The zero-order chi connectivity index (χ0) is 19.6. The fourth-order valence-corrected chi connectivity index (χ4v) is 4.77. The van der Waals surface area contributed by atoms with Gasteiger partial charge in [0.2, 0.25) is 0 Å². The van der Waals surface area contributed by atoms with Crippen LogP contribution in [-0.4, -0.2) is 22.2 Å². The van der Waals surface area contributed by atoms with Crippen LogP contribution in [0.4, 0.5) is 0 Å². The van der Waals surface area contributed by atoms with Crippen molar-refractivity contribution in [1.82, 2.24) is 9.88 Å². The number of hydrogen-bond donors (Lipinski definition) is 0. The second kappa shape index (κ2) is 7.82. The van der Waals surface area contributed by atoms with E-state index in [0.717, 1.165) is 24.4 Å². The lowest BCUT2D eigenvalue weighted by Gasteiger charge is -2.44. The Morgan fingerprint density at radius 1 is 1.11 bits per heavy atom. The van der Waals surface area contributed by atoms with Crippen LogP contribution in [0.15, 0.2) is 77.8 Å². The third-order valence-electron chi connectivity index (χ3n) is 5.17. The molecular weight excluding hydrogens is 364 g/mol. The van der Waals surface area contributed by atoms with Crippen molar-refractivity contribution in [2.24, 2.45) is 5.41 Å². The summed E-state index contributed by atoms with van der Waals surface area (Å²) < 4.78 is 0. The van der Waals surface area contributed by atoms with E-state index in [1.54, 1.807) is 17.5 Å². The van der Waals surface area contributed by atoms with Crippen LogP contribution in [0.2, 0.25) is 0 Å². The molecule has 3 heterocycles. The van der Waals surface area contributed by atoms with E-state index in [9.17, 15) is 4.79 Å². The highest BCUT2D eigenvalue weighted by molar-refractivity contribution is 7.10. The smallest absolute Gasteiger partial charge is 0.167 e. The highest BCUT2D eigenvalue weighted by atomic mass is 32.1. The number of pyridine rings is 1. The molecule has 0 bridgehead atoms. The first kappa shape index (κ1) is 18.8. The fourth-order valence-electron chi connectivity index (χ4n) is 3.89. The molecule has 28 heavy (non-hydrogen) atoms. The molecule has 0 spiro atoms. The van der Waals surface area contributed by atoms with E-state index in [1.807, 2.05) is 44.2 Å². The Morgan fingerprint density at radius 2 is 1.89 bits per heavy atom. The van der Waals surface area contributed by atoms with E-state index in [1.165, 1.54) is 10.4 Å². The monoisotopic (exact) mass is 388 g/mol. The number of rotatable bonds is 4. The summed E-state index contributed by atoms with van der Waals surface area (Å²) in [5, 5.41) is 2.08. The molecule has 3 nitrogen and oxygen atoms in total. The zero-order valence-electron chi connectivity index (χ0n) is 16.2. The number of carbonyl (C=O) groups excluding carboxylic acids is 1. The minimum Gasteiger partial charge on any atom is -0.294 e. The van der Waals surface area contributed by atoms with E-state index < -0.39 is 5.41 Å². The molecule has 3 aromatic rings. The van der Waals surface area contributed by atoms with Gasteiger partial charge in [-0.1, -0.05) is 56.3 Å². The van der Waals surface area contributed by atoms with E-state index >= 15 is 0 Å². The number of likely N-dealkylation sites (tertiary alicyclic amines) is 1. The topological polar surface area (TPSA) is 33.2 Å². The number of carbonyl (C=O) groups is 1. The van der Waals surface area contributed by atoms with Gasteiger partial charge in [0.1, 0.15) is 0 Å². The first-order valence-corrected chi connectivity index (χ1v) is 10.4. The predicted molar refractivity (Wildman–Crippen MR) is 115 cm³/mol. The Labute approximate surface area is 170 Å². The SMILES string of the molecule is CC1(C)CN(Cc2ccccc2)C(c2cccs2)/C(=C\c2ccccn2)C1=O. The fraction of sp³-hybridized carbons (Fsp3) is 0.250. The van der Waals surface area contributed by atoms with Gasteiger partial charge in [-0.2, -0.15) is 0 Å². The number of hydrogen-bond acceptors (Lipinski definition) is 4. The van der Waals surface area contributed by atoms with E-state index in [-0.39, 0.29) is 11.8 Å². The predicted octanol–water partition coefficient (Wildman–Crippen LogP) is 5.38. The summed E-state index contributed by atoms with van der Waals surface area (Å²) in [7, 11) is 0. The molecule has 1 saturated heterocycles. The maximum Gasteiger partial charge on any atom is 0.167 e. The van der Waals surface area contributed by atoms with Gasteiger partial charge in [0.15, 0.2) is 5.78 Å². The third-order valence-corrected chi connectivity index (χ3v) is 6.09. The molecule has 0 radical (unpaired) electrons. The molecule has 1 unspecified atom stereocenters. The van der Waals surface area contributed by atoms with Crippen LogP contribution in [0, 0.1) is 5.41 Å². The van der Waals surface area contributed by atoms with Gasteiger partial charge >= 0.3 is 0 Å². The second-order valence-corrected chi connectivity index (χ2v) is 8.86. The van der Waals surface area contributed by atoms with Crippen molar-refractivity contribution in [2.45, 2.75) is 26.4 Å². The lowest BCUT2D eigenvalue weighted by Crippen LogP contribution is -2.48. The number of benzene rings is 1. The molecule has 1 fully saturated rings. The van der Waals surface area contributed by atoms with Crippen molar-refractivity contribution in [2.75, 3.05) is 6.54 Å². The molecule has 142 valence electrons. The van der Waals surface area contributed by atoms with Crippen LogP contribution in [0.1, 0.15) is 36.0 Å². The summed E-state index contributed by atoms with van der Waals surface area (Å²) in [4.78, 5) is 21.5. The van der Waals surface area contributed by atoms with E-state index in [2.05, 4.69) is 51.7 Å². The number of thiophene rings is 1. The summed E-state index contributed by atoms with van der Waals surface area (Å²) in [5.74, 6) is 0.209. The molecule has 0 N–H and O–H groups in total. The summed E-state index contributed by atoms with van der Waals surface area (Å²) in [6.07, 6.45) is 3.75. The van der Waals surface area contributed by atoms with Crippen molar-refractivity contribution in [3.63, 3.8) is 0 Å². The molecule has 1 atom stereocenters. The Bertz CT molecular complexity index is 962. The number of ketones is 1. The Morgan fingerprint density at radius 3 is 2.57 bits per heavy atom. The minimum absolute atomic E-state index is 0.0530. The van der Waals surface area contributed by atoms with Crippen LogP contribution in [0.3, 0.4) is 0 Å². The standard InChI is InChI=1S/C24H24N2OS/c1-24(2)17-26(16-18-9-4-3-5-10-18)22(21-12-8-14-28-21)20(23(24)27)15-19-11-6-7-13-25-19/h3-15,22H,16-17H2,1-2H3/b20-15+. The first-order valence-electron chi connectivity index (χ1n) is 9.53. The average molecular weight is 389 g/mol.